The molecule has 1 rings (SSSR count). The maximum absolute atomic E-state index is 12.0. The molecule has 0 aliphatic heterocycles. The van der Waals surface area contributed by atoms with Gasteiger partial charge < -0.3 is 11.1 Å². The largest absolute Gasteiger partial charge is 0.349 e. The van der Waals surface area contributed by atoms with Crippen LogP contribution in [0.2, 0.25) is 0 Å². The molecule has 0 spiro atoms. The molecule has 0 saturated carbocycles. The van der Waals surface area contributed by atoms with Crippen LogP contribution in [-0.2, 0) is 4.79 Å². The first-order valence-electron chi connectivity index (χ1n) is 7.16. The van der Waals surface area contributed by atoms with Gasteiger partial charge in [0.2, 0.25) is 5.91 Å². The zero-order chi connectivity index (χ0) is 15.0. The average molecular weight is 276 g/mol. The van der Waals surface area contributed by atoms with Gasteiger partial charge in [-0.1, -0.05) is 44.2 Å². The lowest BCUT2D eigenvalue weighted by molar-refractivity contribution is -0.123. The van der Waals surface area contributed by atoms with Crippen molar-refractivity contribution in [1.29, 1.82) is 0 Å². The smallest absolute Gasteiger partial charge is 0.220 e. The van der Waals surface area contributed by atoms with E-state index in [1.165, 1.54) is 0 Å². The number of carbonyl (C=O) groups excluding carboxylic acids is 2. The molecule has 0 bridgehead atoms. The van der Waals surface area contributed by atoms with Crippen LogP contribution < -0.4 is 11.1 Å². The second-order valence-electron chi connectivity index (χ2n) is 5.03. The van der Waals surface area contributed by atoms with Gasteiger partial charge in [-0.2, -0.15) is 0 Å². The fourth-order valence-corrected chi connectivity index (χ4v) is 2.12. The quantitative estimate of drug-likeness (QED) is 0.715. The van der Waals surface area contributed by atoms with Crippen LogP contribution in [0.25, 0.3) is 0 Å². The first kappa shape index (κ1) is 16.4. The van der Waals surface area contributed by atoms with Gasteiger partial charge in [-0.05, 0) is 12.8 Å². The zero-order valence-electron chi connectivity index (χ0n) is 12.3. The summed E-state index contributed by atoms with van der Waals surface area (Å²) in [7, 11) is 0. The normalized spacial score (nSPS) is 11.2. The second kappa shape index (κ2) is 7.80. The van der Waals surface area contributed by atoms with Crippen molar-refractivity contribution in [2.75, 3.05) is 6.54 Å². The van der Waals surface area contributed by atoms with Crippen LogP contribution in [0.3, 0.4) is 0 Å². The Morgan fingerprint density at radius 3 is 2.20 bits per heavy atom. The highest BCUT2D eigenvalue weighted by Gasteiger charge is 2.26. The summed E-state index contributed by atoms with van der Waals surface area (Å²) in [4.78, 5) is 23.9. The number of carbonyl (C=O) groups is 2. The maximum Gasteiger partial charge on any atom is 0.220 e. The van der Waals surface area contributed by atoms with E-state index in [9.17, 15) is 9.59 Å². The van der Waals surface area contributed by atoms with E-state index in [2.05, 4.69) is 5.32 Å². The molecule has 0 unspecified atom stereocenters. The molecule has 0 fully saturated rings. The summed E-state index contributed by atoms with van der Waals surface area (Å²) in [5, 5.41) is 2.97. The molecule has 4 heteroatoms. The van der Waals surface area contributed by atoms with Crippen LogP contribution in [0.4, 0.5) is 0 Å². The van der Waals surface area contributed by atoms with Crippen molar-refractivity contribution in [3.8, 4) is 0 Å². The zero-order valence-corrected chi connectivity index (χ0v) is 12.3. The fraction of sp³-hybridized carbons (Fsp3) is 0.500. The molecule has 110 valence electrons. The molecule has 0 saturated heterocycles. The predicted octanol–water partition coefficient (Wildman–Crippen LogP) is 2.28. The summed E-state index contributed by atoms with van der Waals surface area (Å²) in [5.74, 6) is -0.115. The predicted molar refractivity (Wildman–Crippen MR) is 80.5 cm³/mol. The maximum atomic E-state index is 12.0. The van der Waals surface area contributed by atoms with Gasteiger partial charge in [0.15, 0.2) is 5.78 Å². The molecule has 3 N–H and O–H groups in total. The molecule has 1 aromatic rings. The summed E-state index contributed by atoms with van der Waals surface area (Å²) in [6.07, 6.45) is 2.01. The number of hydrogen-bond acceptors (Lipinski definition) is 3. The SMILES string of the molecule is CCC(CC)(CN)NC(=O)CCC(=O)c1ccccc1. The number of benzene rings is 1. The molecule has 1 amide bonds. The van der Waals surface area contributed by atoms with Crippen molar-refractivity contribution in [2.45, 2.75) is 45.1 Å². The Labute approximate surface area is 120 Å². The minimum atomic E-state index is -0.340. The summed E-state index contributed by atoms with van der Waals surface area (Å²) >= 11 is 0. The number of hydrogen-bond donors (Lipinski definition) is 2. The fourth-order valence-electron chi connectivity index (χ4n) is 2.12. The lowest BCUT2D eigenvalue weighted by atomic mass is 9.92. The molecule has 0 aromatic heterocycles. The topological polar surface area (TPSA) is 72.2 Å². The van der Waals surface area contributed by atoms with E-state index in [0.717, 1.165) is 12.8 Å². The van der Waals surface area contributed by atoms with Gasteiger partial charge in [0.05, 0.1) is 5.54 Å². The van der Waals surface area contributed by atoms with E-state index in [1.54, 1.807) is 12.1 Å². The highest BCUT2D eigenvalue weighted by Crippen LogP contribution is 2.14. The van der Waals surface area contributed by atoms with E-state index < -0.39 is 0 Å². The van der Waals surface area contributed by atoms with E-state index in [0.29, 0.717) is 12.1 Å². The highest BCUT2D eigenvalue weighted by atomic mass is 16.2. The van der Waals surface area contributed by atoms with E-state index >= 15 is 0 Å². The van der Waals surface area contributed by atoms with Gasteiger partial charge in [-0.15, -0.1) is 0 Å². The third-order valence-corrected chi connectivity index (χ3v) is 3.82. The standard InChI is InChI=1S/C16H24N2O2/c1-3-16(4-2,12-17)18-15(20)11-10-14(19)13-8-6-5-7-9-13/h5-9H,3-4,10-12,17H2,1-2H3,(H,18,20). The number of nitrogens with two attached hydrogens (primary N) is 1. The van der Waals surface area contributed by atoms with Crippen molar-refractivity contribution in [3.05, 3.63) is 35.9 Å². The number of Topliss-reactive ketones (excluding diaryl/α,β-unsaturated/α-hetero) is 1. The van der Waals surface area contributed by atoms with Gasteiger partial charge in [-0.25, -0.2) is 0 Å². The van der Waals surface area contributed by atoms with Crippen molar-refractivity contribution < 1.29 is 9.59 Å². The van der Waals surface area contributed by atoms with Crippen molar-refractivity contribution in [2.24, 2.45) is 5.73 Å². The summed E-state index contributed by atoms with van der Waals surface area (Å²) in [6.45, 7) is 4.43. The third-order valence-electron chi connectivity index (χ3n) is 3.82. The molecule has 4 nitrogen and oxygen atoms in total. The van der Waals surface area contributed by atoms with Crippen LogP contribution in [0, 0.1) is 0 Å². The Morgan fingerprint density at radius 1 is 1.10 bits per heavy atom. The number of rotatable bonds is 8. The minimum Gasteiger partial charge on any atom is -0.349 e. The molecule has 1 aromatic carbocycles. The first-order chi connectivity index (χ1) is 9.56. The summed E-state index contributed by atoms with van der Waals surface area (Å²) < 4.78 is 0. The molecule has 0 radical (unpaired) electrons. The van der Waals surface area contributed by atoms with E-state index in [1.807, 2.05) is 32.0 Å². The van der Waals surface area contributed by atoms with Gasteiger partial charge in [-0.3, -0.25) is 9.59 Å². The van der Waals surface area contributed by atoms with Gasteiger partial charge in [0.1, 0.15) is 0 Å². The molecular weight excluding hydrogens is 252 g/mol. The highest BCUT2D eigenvalue weighted by molar-refractivity contribution is 5.97. The number of ketones is 1. The van der Waals surface area contributed by atoms with Crippen molar-refractivity contribution in [3.63, 3.8) is 0 Å². The number of amides is 1. The minimum absolute atomic E-state index is 0.00732. The van der Waals surface area contributed by atoms with E-state index in [-0.39, 0.29) is 30.1 Å². The van der Waals surface area contributed by atoms with Crippen LogP contribution >= 0.6 is 0 Å². The summed E-state index contributed by atoms with van der Waals surface area (Å²) in [6, 6.07) is 9.04. The van der Waals surface area contributed by atoms with Gasteiger partial charge in [0.25, 0.3) is 0 Å². The molecule has 0 aliphatic carbocycles. The van der Waals surface area contributed by atoms with Crippen molar-refractivity contribution in [1.82, 2.24) is 5.32 Å². The molecular formula is C16H24N2O2. The Morgan fingerprint density at radius 2 is 1.70 bits per heavy atom. The molecule has 20 heavy (non-hydrogen) atoms. The number of nitrogens with one attached hydrogen (secondary N) is 1. The van der Waals surface area contributed by atoms with Gasteiger partial charge in [0, 0.05) is 24.9 Å². The van der Waals surface area contributed by atoms with Gasteiger partial charge >= 0.3 is 0 Å². The van der Waals surface area contributed by atoms with Crippen LogP contribution in [0.1, 0.15) is 49.9 Å². The second-order valence-corrected chi connectivity index (χ2v) is 5.03. The molecule has 0 heterocycles. The Hall–Kier alpha value is -1.68. The lowest BCUT2D eigenvalue weighted by Gasteiger charge is -2.31. The molecule has 0 atom stereocenters. The monoisotopic (exact) mass is 276 g/mol. The first-order valence-corrected chi connectivity index (χ1v) is 7.16. The van der Waals surface area contributed by atoms with Crippen molar-refractivity contribution >= 4 is 11.7 Å². The van der Waals surface area contributed by atoms with Crippen LogP contribution in [0.5, 0.6) is 0 Å². The Balaban J connectivity index is 2.50. The van der Waals surface area contributed by atoms with Crippen LogP contribution in [0.15, 0.2) is 30.3 Å². The van der Waals surface area contributed by atoms with E-state index in [4.69, 9.17) is 5.73 Å². The van der Waals surface area contributed by atoms with Crippen LogP contribution in [-0.4, -0.2) is 23.8 Å². The Bertz CT molecular complexity index is 431. The lowest BCUT2D eigenvalue weighted by Crippen LogP contribution is -2.52. The molecule has 0 aliphatic rings. The Kier molecular flexibility index (Phi) is 6.39. The third kappa shape index (κ3) is 4.46. The average Bonchev–Trinajstić information content (AvgIpc) is 2.51. The summed E-state index contributed by atoms with van der Waals surface area (Å²) in [5.41, 5.74) is 6.05.